The number of hydrogen-bond donors (Lipinski definition) is 2. The van der Waals surface area contributed by atoms with E-state index in [4.69, 9.17) is 0 Å². The number of nitrogens with zero attached hydrogens (tertiary/aromatic N) is 4. The van der Waals surface area contributed by atoms with Gasteiger partial charge in [0, 0.05) is 0 Å². The van der Waals surface area contributed by atoms with E-state index in [1.54, 1.807) is 94.9 Å². The lowest BCUT2D eigenvalue weighted by molar-refractivity contribution is -0.136. The Morgan fingerprint density at radius 2 is 0.750 bits per heavy atom. The highest BCUT2D eigenvalue weighted by Gasteiger charge is 2.73. The zero-order valence-corrected chi connectivity index (χ0v) is 23.2. The molecule has 4 fully saturated rings. The largest absolute Gasteiger partial charge is 0.508 e. The molecule has 10 heteroatoms. The molecule has 0 unspecified atom stereocenters. The smallest absolute Gasteiger partial charge is 0.253 e. The van der Waals surface area contributed by atoms with Crippen molar-refractivity contribution < 1.29 is 29.4 Å². The second-order valence-electron chi connectivity index (χ2n) is 11.5. The molecule has 6 atom stereocenters. The lowest BCUT2D eigenvalue weighted by atomic mass is 9.84. The van der Waals surface area contributed by atoms with E-state index in [1.165, 1.54) is 34.1 Å². The number of anilines is 2. The highest BCUT2D eigenvalue weighted by atomic mass is 16.3. The van der Waals surface area contributed by atoms with E-state index in [9.17, 15) is 29.4 Å². The van der Waals surface area contributed by atoms with E-state index in [0.29, 0.717) is 22.5 Å². The zero-order chi connectivity index (χ0) is 30.3. The van der Waals surface area contributed by atoms with E-state index in [-0.39, 0.29) is 11.5 Å². The fraction of sp³-hybridized carbons (Fsp3) is 0.176. The molecule has 218 valence electrons. The summed E-state index contributed by atoms with van der Waals surface area (Å²) in [5, 5.41) is 23.7. The van der Waals surface area contributed by atoms with Gasteiger partial charge in [0.25, 0.3) is 11.8 Å². The molecule has 0 bridgehead atoms. The molecule has 0 spiro atoms. The molecule has 0 saturated carbocycles. The van der Waals surface area contributed by atoms with Gasteiger partial charge in [-0.2, -0.15) is 0 Å². The van der Waals surface area contributed by atoms with Crippen LogP contribution in [-0.2, 0) is 19.2 Å². The number of fused-ring (bicyclic) bond motifs is 5. The summed E-state index contributed by atoms with van der Waals surface area (Å²) in [5.41, 5.74) is 2.13. The van der Waals surface area contributed by atoms with Gasteiger partial charge in [-0.25, -0.2) is 19.8 Å². The molecule has 8 rings (SSSR count). The fourth-order valence-electron chi connectivity index (χ4n) is 7.50. The number of phenols is 2. The van der Waals surface area contributed by atoms with Gasteiger partial charge in [0.1, 0.15) is 23.6 Å². The maximum Gasteiger partial charge on any atom is 0.253 e. The SMILES string of the molecule is O=C1[C@@H]2[C@@H](C(=O)N1c1ccccc1)N1[C@@H](c3ccc(O)cc3)[C@@H]3C(=O)N(c4ccccc4)C(=O)[C@@H]3N1[C@@H]2c1ccc(O)cc1. The van der Waals surface area contributed by atoms with Crippen molar-refractivity contribution in [3.05, 3.63) is 120 Å². The fourth-order valence-corrected chi connectivity index (χ4v) is 7.50. The van der Waals surface area contributed by atoms with Crippen molar-refractivity contribution >= 4 is 35.0 Å². The lowest BCUT2D eigenvalue weighted by Crippen LogP contribution is -2.50. The number of rotatable bonds is 4. The Morgan fingerprint density at radius 3 is 1.09 bits per heavy atom. The van der Waals surface area contributed by atoms with Gasteiger partial charge >= 0.3 is 0 Å². The number of carbonyl (C=O) groups excluding carboxylic acids is 4. The Labute approximate surface area is 251 Å². The number of imide groups is 2. The standard InChI is InChI=1S/C34H26N4O6/c39-23-15-11-19(12-16-23)27-25-29(33(43)35(31(25)41)21-7-3-1-4-8-21)37-28(20-13-17-24(40)18-14-20)26-30(38(27)37)34(44)36(32(26)42)22-9-5-2-6-10-22/h1-18,25-30,39-40H/t25-,26-,27-,28+,29+,30-/m0/s1. The normalized spacial score (nSPS) is 28.1. The third-order valence-electron chi connectivity index (χ3n) is 9.22. The summed E-state index contributed by atoms with van der Waals surface area (Å²) < 4.78 is 0. The first-order valence-corrected chi connectivity index (χ1v) is 14.4. The third-order valence-corrected chi connectivity index (χ3v) is 9.22. The molecule has 4 aromatic rings. The summed E-state index contributed by atoms with van der Waals surface area (Å²) in [7, 11) is 0. The van der Waals surface area contributed by atoms with Crippen LogP contribution < -0.4 is 9.80 Å². The number of hydrazine groups is 1. The van der Waals surface area contributed by atoms with Crippen LogP contribution in [0, 0.1) is 11.8 Å². The first-order valence-electron chi connectivity index (χ1n) is 14.4. The van der Waals surface area contributed by atoms with Gasteiger partial charge in [-0.3, -0.25) is 19.2 Å². The quantitative estimate of drug-likeness (QED) is 0.349. The van der Waals surface area contributed by atoms with Crippen LogP contribution >= 0.6 is 0 Å². The summed E-state index contributed by atoms with van der Waals surface area (Å²) in [6.07, 6.45) is 0. The van der Waals surface area contributed by atoms with Gasteiger partial charge < -0.3 is 10.2 Å². The molecule has 4 aliphatic heterocycles. The maximum atomic E-state index is 14.3. The summed E-state index contributed by atoms with van der Waals surface area (Å²) >= 11 is 0. The molecule has 4 aromatic carbocycles. The van der Waals surface area contributed by atoms with E-state index in [0.717, 1.165) is 0 Å². The Morgan fingerprint density at radius 1 is 0.409 bits per heavy atom. The van der Waals surface area contributed by atoms with Crippen molar-refractivity contribution in [3.8, 4) is 11.5 Å². The number of amides is 4. The first-order chi connectivity index (χ1) is 21.4. The summed E-state index contributed by atoms with van der Waals surface area (Å²) in [6, 6.07) is 26.6. The molecule has 4 saturated heterocycles. The molecule has 0 aromatic heterocycles. The van der Waals surface area contributed by atoms with Gasteiger partial charge in [0.05, 0.1) is 35.3 Å². The van der Waals surface area contributed by atoms with Gasteiger partial charge in [-0.05, 0) is 59.7 Å². The molecular formula is C34H26N4O6. The Balaban J connectivity index is 1.34. The van der Waals surface area contributed by atoms with Gasteiger partial charge in [-0.1, -0.05) is 60.7 Å². The van der Waals surface area contributed by atoms with Crippen LogP contribution in [0.3, 0.4) is 0 Å². The number of benzene rings is 4. The summed E-state index contributed by atoms with van der Waals surface area (Å²) in [4.78, 5) is 59.7. The highest BCUT2D eigenvalue weighted by molar-refractivity contribution is 6.26. The van der Waals surface area contributed by atoms with Crippen molar-refractivity contribution in [1.82, 2.24) is 10.0 Å². The number of phenolic OH excluding ortho intramolecular Hbond substituents is 2. The van der Waals surface area contributed by atoms with E-state index < -0.39 is 59.6 Å². The predicted octanol–water partition coefficient (Wildman–Crippen LogP) is 3.54. The number of carbonyl (C=O) groups is 4. The Hall–Kier alpha value is -5.32. The second kappa shape index (κ2) is 9.60. The van der Waals surface area contributed by atoms with Gasteiger partial charge in [0.2, 0.25) is 11.8 Å². The average Bonchev–Trinajstić information content (AvgIpc) is 3.70. The monoisotopic (exact) mass is 586 g/mol. The minimum Gasteiger partial charge on any atom is -0.508 e. The van der Waals surface area contributed by atoms with Crippen molar-refractivity contribution in [2.24, 2.45) is 11.8 Å². The summed E-state index contributed by atoms with van der Waals surface area (Å²) in [6.45, 7) is 0. The Kier molecular flexibility index (Phi) is 5.74. The minimum absolute atomic E-state index is 0.0310. The molecular weight excluding hydrogens is 560 g/mol. The molecule has 4 aliphatic rings. The van der Waals surface area contributed by atoms with E-state index in [1.807, 2.05) is 0 Å². The van der Waals surface area contributed by atoms with Crippen LogP contribution in [0.4, 0.5) is 11.4 Å². The topological polar surface area (TPSA) is 122 Å². The number of para-hydroxylation sites is 2. The molecule has 2 N–H and O–H groups in total. The van der Waals surface area contributed by atoms with Crippen molar-refractivity contribution in [2.75, 3.05) is 9.80 Å². The third kappa shape index (κ3) is 3.55. The van der Waals surface area contributed by atoms with Crippen molar-refractivity contribution in [1.29, 1.82) is 0 Å². The first kappa shape index (κ1) is 26.3. The Bertz CT molecular complexity index is 1680. The number of aromatic hydroxyl groups is 2. The van der Waals surface area contributed by atoms with Crippen LogP contribution in [0.25, 0.3) is 0 Å². The van der Waals surface area contributed by atoms with Crippen molar-refractivity contribution in [3.63, 3.8) is 0 Å². The van der Waals surface area contributed by atoms with Gasteiger partial charge in [0.15, 0.2) is 0 Å². The molecule has 44 heavy (non-hydrogen) atoms. The van der Waals surface area contributed by atoms with Gasteiger partial charge in [-0.15, -0.1) is 0 Å². The van der Waals surface area contributed by atoms with Crippen LogP contribution in [0.2, 0.25) is 0 Å². The van der Waals surface area contributed by atoms with E-state index >= 15 is 0 Å². The molecule has 0 radical (unpaired) electrons. The van der Waals surface area contributed by atoms with Crippen molar-refractivity contribution in [2.45, 2.75) is 24.2 Å². The van der Waals surface area contributed by atoms with Crippen LogP contribution in [-0.4, -0.2) is 55.9 Å². The van der Waals surface area contributed by atoms with E-state index in [2.05, 4.69) is 0 Å². The number of hydrogen-bond acceptors (Lipinski definition) is 8. The predicted molar refractivity (Wildman–Crippen MR) is 158 cm³/mol. The molecule has 0 aliphatic carbocycles. The lowest BCUT2D eigenvalue weighted by Gasteiger charge is -2.35. The maximum absolute atomic E-state index is 14.3. The zero-order valence-electron chi connectivity index (χ0n) is 23.2. The minimum atomic E-state index is -1.00. The molecule has 10 nitrogen and oxygen atoms in total. The highest BCUT2D eigenvalue weighted by Crippen LogP contribution is 2.59. The van der Waals surface area contributed by atoms with Crippen LogP contribution in [0.5, 0.6) is 11.5 Å². The second-order valence-corrected chi connectivity index (χ2v) is 11.5. The average molecular weight is 587 g/mol. The molecule has 4 heterocycles. The summed E-state index contributed by atoms with van der Waals surface area (Å²) in [5.74, 6) is -3.44. The van der Waals surface area contributed by atoms with Crippen LogP contribution in [0.15, 0.2) is 109 Å². The van der Waals surface area contributed by atoms with Crippen LogP contribution in [0.1, 0.15) is 23.2 Å². The molecule has 4 amide bonds.